The molecule has 2 saturated carbocycles. The summed E-state index contributed by atoms with van der Waals surface area (Å²) in [4.78, 5) is 0. The van der Waals surface area contributed by atoms with Gasteiger partial charge in [-0.2, -0.15) is 0 Å². The number of fused-ring (bicyclic) bond motifs is 5. The van der Waals surface area contributed by atoms with E-state index in [0.717, 1.165) is 12.3 Å². The summed E-state index contributed by atoms with van der Waals surface area (Å²) < 4.78 is 0. The summed E-state index contributed by atoms with van der Waals surface area (Å²) in [5, 5.41) is 11.6. The average molecular weight is 258 g/mol. The highest BCUT2D eigenvalue weighted by molar-refractivity contribution is 5.36. The van der Waals surface area contributed by atoms with Gasteiger partial charge in [0, 0.05) is 5.92 Å². The van der Waals surface area contributed by atoms with E-state index in [0.29, 0.717) is 29.1 Å². The van der Waals surface area contributed by atoms with Crippen LogP contribution in [0.2, 0.25) is 0 Å². The highest BCUT2D eigenvalue weighted by atomic mass is 16.3. The van der Waals surface area contributed by atoms with Crippen LogP contribution in [0.3, 0.4) is 0 Å². The molecule has 0 radical (unpaired) electrons. The second-order valence-electron chi connectivity index (χ2n) is 8.04. The fraction of sp³-hybridized carbons (Fsp3) is 0.778. The molecule has 0 spiro atoms. The number of rotatable bonds is 0. The third kappa shape index (κ3) is 1.35. The maximum atomic E-state index is 11.6. The van der Waals surface area contributed by atoms with Crippen LogP contribution in [0.25, 0.3) is 0 Å². The Bertz CT molecular complexity index is 472. The summed E-state index contributed by atoms with van der Waals surface area (Å²) in [5.74, 6) is 2.93. The molecule has 104 valence electrons. The van der Waals surface area contributed by atoms with E-state index in [9.17, 15) is 5.11 Å². The molecule has 0 amide bonds. The SMILES string of the molecule is C[C@@H]1C[C@@H]2[C@H]([C@@H]3C=CC[C@@H]4CCC=C4[C@@]13O)C2(C)C. The molecule has 0 saturated heterocycles. The quantitative estimate of drug-likeness (QED) is 0.652. The third-order valence-corrected chi connectivity index (χ3v) is 6.94. The zero-order valence-electron chi connectivity index (χ0n) is 12.4. The molecular formula is C18H26O. The Kier molecular flexibility index (Phi) is 2.28. The molecular weight excluding hydrogens is 232 g/mol. The Labute approximate surface area is 116 Å². The first kappa shape index (κ1) is 12.2. The van der Waals surface area contributed by atoms with Crippen LogP contribution in [0.15, 0.2) is 23.8 Å². The lowest BCUT2D eigenvalue weighted by Crippen LogP contribution is -2.49. The van der Waals surface area contributed by atoms with Crippen LogP contribution in [-0.4, -0.2) is 10.7 Å². The van der Waals surface area contributed by atoms with E-state index in [1.54, 1.807) is 0 Å². The monoisotopic (exact) mass is 258 g/mol. The van der Waals surface area contributed by atoms with Gasteiger partial charge in [-0.25, -0.2) is 0 Å². The van der Waals surface area contributed by atoms with Crippen LogP contribution < -0.4 is 0 Å². The van der Waals surface area contributed by atoms with Gasteiger partial charge in [0.25, 0.3) is 0 Å². The second kappa shape index (κ2) is 3.55. The van der Waals surface area contributed by atoms with E-state index in [1.165, 1.54) is 24.8 Å². The lowest BCUT2D eigenvalue weighted by atomic mass is 9.64. The van der Waals surface area contributed by atoms with Crippen molar-refractivity contribution in [1.29, 1.82) is 0 Å². The van der Waals surface area contributed by atoms with Crippen LogP contribution >= 0.6 is 0 Å². The van der Waals surface area contributed by atoms with Crippen LogP contribution in [-0.2, 0) is 0 Å². The number of hydrogen-bond donors (Lipinski definition) is 1. The van der Waals surface area contributed by atoms with Crippen molar-refractivity contribution in [3.63, 3.8) is 0 Å². The molecule has 0 bridgehead atoms. The molecule has 0 heterocycles. The number of aliphatic hydroxyl groups is 1. The molecule has 2 fully saturated rings. The van der Waals surface area contributed by atoms with Gasteiger partial charge in [-0.3, -0.25) is 0 Å². The van der Waals surface area contributed by atoms with Gasteiger partial charge in [0.15, 0.2) is 0 Å². The molecule has 1 nitrogen and oxygen atoms in total. The largest absolute Gasteiger partial charge is 0.385 e. The van der Waals surface area contributed by atoms with Crippen molar-refractivity contribution in [2.45, 2.75) is 52.1 Å². The van der Waals surface area contributed by atoms with Crippen LogP contribution in [0.5, 0.6) is 0 Å². The van der Waals surface area contributed by atoms with E-state index >= 15 is 0 Å². The average Bonchev–Trinajstić information content (AvgIpc) is 2.74. The predicted octanol–water partition coefficient (Wildman–Crippen LogP) is 3.94. The van der Waals surface area contributed by atoms with E-state index < -0.39 is 5.60 Å². The molecule has 0 aliphatic heterocycles. The van der Waals surface area contributed by atoms with Gasteiger partial charge in [-0.15, -0.1) is 0 Å². The second-order valence-corrected chi connectivity index (χ2v) is 8.04. The van der Waals surface area contributed by atoms with Crippen LogP contribution in [0.4, 0.5) is 0 Å². The van der Waals surface area contributed by atoms with Gasteiger partial charge < -0.3 is 5.11 Å². The first-order valence-electron chi connectivity index (χ1n) is 8.07. The van der Waals surface area contributed by atoms with Crippen molar-refractivity contribution in [2.75, 3.05) is 0 Å². The molecule has 0 unspecified atom stereocenters. The Morgan fingerprint density at radius 2 is 2.11 bits per heavy atom. The predicted molar refractivity (Wildman–Crippen MR) is 77.5 cm³/mol. The fourth-order valence-corrected chi connectivity index (χ4v) is 5.74. The molecule has 1 N–H and O–H groups in total. The van der Waals surface area contributed by atoms with Gasteiger partial charge in [-0.1, -0.05) is 39.0 Å². The van der Waals surface area contributed by atoms with Crippen molar-refractivity contribution in [3.8, 4) is 0 Å². The highest BCUT2D eigenvalue weighted by Gasteiger charge is 2.69. The van der Waals surface area contributed by atoms with Crippen molar-refractivity contribution < 1.29 is 5.11 Å². The van der Waals surface area contributed by atoms with E-state index in [1.807, 2.05) is 0 Å². The Balaban J connectivity index is 1.82. The standard InChI is InChI=1S/C18H26O/c1-11-10-15-16(17(15,2)3)14-9-5-7-12-6-4-8-13(12)18(11,14)19/h5,8-9,11-12,14-16,19H,4,6-7,10H2,1-3H3/t11-,12+,14+,15-,16+,18+/m1/s1. The molecule has 4 aliphatic rings. The van der Waals surface area contributed by atoms with Crippen molar-refractivity contribution >= 4 is 0 Å². The lowest BCUT2D eigenvalue weighted by Gasteiger charge is -2.45. The summed E-state index contributed by atoms with van der Waals surface area (Å²) in [6.45, 7) is 7.09. The summed E-state index contributed by atoms with van der Waals surface area (Å²) in [7, 11) is 0. The fourth-order valence-electron chi connectivity index (χ4n) is 5.74. The van der Waals surface area contributed by atoms with Crippen molar-refractivity contribution in [3.05, 3.63) is 23.8 Å². The van der Waals surface area contributed by atoms with Gasteiger partial charge in [0.2, 0.25) is 0 Å². The molecule has 4 aliphatic carbocycles. The summed E-state index contributed by atoms with van der Waals surface area (Å²) in [6, 6.07) is 0. The third-order valence-electron chi connectivity index (χ3n) is 6.94. The van der Waals surface area contributed by atoms with Gasteiger partial charge in [-0.05, 0) is 60.3 Å². The van der Waals surface area contributed by atoms with Gasteiger partial charge >= 0.3 is 0 Å². The number of allylic oxidation sites excluding steroid dienone is 2. The van der Waals surface area contributed by atoms with E-state index in [-0.39, 0.29) is 0 Å². The molecule has 6 atom stereocenters. The molecule has 1 heteroatoms. The topological polar surface area (TPSA) is 20.2 Å². The lowest BCUT2D eigenvalue weighted by molar-refractivity contribution is -0.0495. The maximum absolute atomic E-state index is 11.6. The molecule has 0 aromatic rings. The van der Waals surface area contributed by atoms with Gasteiger partial charge in [0.1, 0.15) is 0 Å². The smallest absolute Gasteiger partial charge is 0.0950 e. The van der Waals surface area contributed by atoms with Crippen molar-refractivity contribution in [1.82, 2.24) is 0 Å². The van der Waals surface area contributed by atoms with Crippen LogP contribution in [0.1, 0.15) is 46.5 Å². The normalized spacial score (nSPS) is 53.7. The van der Waals surface area contributed by atoms with E-state index in [4.69, 9.17) is 0 Å². The molecule has 4 rings (SSSR count). The maximum Gasteiger partial charge on any atom is 0.0950 e. The minimum absolute atomic E-state index is 0.366. The molecule has 19 heavy (non-hydrogen) atoms. The molecule has 0 aromatic heterocycles. The summed E-state index contributed by atoms with van der Waals surface area (Å²) in [5.41, 5.74) is 1.30. The van der Waals surface area contributed by atoms with Gasteiger partial charge in [0.05, 0.1) is 5.60 Å². The Hall–Kier alpha value is -0.560. The zero-order valence-corrected chi connectivity index (χ0v) is 12.4. The number of hydrogen-bond acceptors (Lipinski definition) is 1. The minimum Gasteiger partial charge on any atom is -0.385 e. The first-order valence-corrected chi connectivity index (χ1v) is 8.07. The summed E-state index contributed by atoms with van der Waals surface area (Å²) in [6.07, 6.45) is 11.9. The summed E-state index contributed by atoms with van der Waals surface area (Å²) >= 11 is 0. The molecule has 0 aromatic carbocycles. The van der Waals surface area contributed by atoms with Crippen molar-refractivity contribution in [2.24, 2.45) is 35.0 Å². The first-order chi connectivity index (χ1) is 8.97. The minimum atomic E-state index is -0.539. The van der Waals surface area contributed by atoms with Crippen LogP contribution in [0, 0.1) is 35.0 Å². The highest BCUT2D eigenvalue weighted by Crippen LogP contribution is 2.72. The Morgan fingerprint density at radius 1 is 1.32 bits per heavy atom. The zero-order chi connectivity index (χ0) is 13.4. The van der Waals surface area contributed by atoms with E-state index in [2.05, 4.69) is 39.0 Å². The Morgan fingerprint density at radius 3 is 2.89 bits per heavy atom.